The molecule has 0 spiro atoms. The number of esters is 1. The molecule has 0 saturated carbocycles. The minimum absolute atomic E-state index is 0.510. The first-order valence-electron chi connectivity index (χ1n) is 2.24. The van der Waals surface area contributed by atoms with Crippen molar-refractivity contribution in [2.45, 2.75) is 0 Å². The summed E-state index contributed by atoms with van der Waals surface area (Å²) in [5, 5.41) is 0. The highest BCUT2D eigenvalue weighted by atomic mass is 16.5. The van der Waals surface area contributed by atoms with Crippen LogP contribution in [0.25, 0.3) is 0 Å². The minimum atomic E-state index is -0.576. The molecule has 0 atom stereocenters. The third kappa shape index (κ3) is 4.47. The van der Waals surface area contributed by atoms with Crippen molar-refractivity contribution >= 4 is 12.3 Å². The van der Waals surface area contributed by atoms with Crippen LogP contribution in [-0.2, 0) is 14.3 Å². The van der Waals surface area contributed by atoms with Gasteiger partial charge in [-0.2, -0.15) is 0 Å². The van der Waals surface area contributed by atoms with E-state index in [1.54, 1.807) is 0 Å². The molecular weight excluding hydrogens is 120 g/mol. The van der Waals surface area contributed by atoms with E-state index in [2.05, 4.69) is 11.3 Å². The normalized spacial score (nSPS) is 8.89. The summed E-state index contributed by atoms with van der Waals surface area (Å²) in [7, 11) is 0. The van der Waals surface area contributed by atoms with E-state index in [9.17, 15) is 9.59 Å². The topological polar surface area (TPSA) is 43.4 Å². The second kappa shape index (κ2) is 4.77. The van der Waals surface area contributed by atoms with Crippen LogP contribution >= 0.6 is 0 Å². The van der Waals surface area contributed by atoms with Gasteiger partial charge < -0.3 is 4.74 Å². The lowest BCUT2D eigenvalue weighted by molar-refractivity contribution is -0.132. The Labute approximate surface area is 52.6 Å². The molecule has 0 N–H and O–H groups in total. The molecule has 0 fully saturated rings. The van der Waals surface area contributed by atoms with E-state index >= 15 is 0 Å². The number of hydrogen-bond acceptors (Lipinski definition) is 3. The Morgan fingerprint density at radius 2 is 2.22 bits per heavy atom. The molecule has 0 aliphatic heterocycles. The Hall–Kier alpha value is -1.38. The van der Waals surface area contributed by atoms with Crippen molar-refractivity contribution in [3.05, 3.63) is 25.0 Å². The number of aldehydes is 1. The van der Waals surface area contributed by atoms with Crippen molar-refractivity contribution in [3.63, 3.8) is 0 Å². The number of hydrogen-bond donors (Lipinski definition) is 0. The van der Waals surface area contributed by atoms with Crippen LogP contribution in [0.5, 0.6) is 0 Å². The van der Waals surface area contributed by atoms with Gasteiger partial charge in [-0.25, -0.2) is 4.79 Å². The summed E-state index contributed by atoms with van der Waals surface area (Å²) in [6, 6.07) is 0. The number of rotatable bonds is 3. The second-order valence-corrected chi connectivity index (χ2v) is 1.11. The average Bonchev–Trinajstić information content (AvgIpc) is 1.89. The van der Waals surface area contributed by atoms with Crippen molar-refractivity contribution in [3.8, 4) is 0 Å². The van der Waals surface area contributed by atoms with Crippen LogP contribution in [0.15, 0.2) is 25.0 Å². The van der Waals surface area contributed by atoms with E-state index in [1.165, 1.54) is 0 Å². The van der Waals surface area contributed by atoms with E-state index in [4.69, 9.17) is 0 Å². The first kappa shape index (κ1) is 7.62. The standard InChI is InChI=1S/C6H6O3/c1-2-6(8)9-5-3-4-7/h2-5H,1H2. The lowest BCUT2D eigenvalue weighted by Crippen LogP contribution is -1.91. The van der Waals surface area contributed by atoms with Crippen molar-refractivity contribution in [2.24, 2.45) is 0 Å². The lowest BCUT2D eigenvalue weighted by Gasteiger charge is -1.86. The van der Waals surface area contributed by atoms with Gasteiger partial charge in [-0.3, -0.25) is 4.79 Å². The minimum Gasteiger partial charge on any atom is -0.431 e. The smallest absolute Gasteiger partial charge is 0.334 e. The Kier molecular flexibility index (Phi) is 4.04. The van der Waals surface area contributed by atoms with Crippen molar-refractivity contribution < 1.29 is 14.3 Å². The van der Waals surface area contributed by atoms with Crippen molar-refractivity contribution in [1.29, 1.82) is 0 Å². The molecule has 0 aromatic heterocycles. The van der Waals surface area contributed by atoms with E-state index < -0.39 is 5.97 Å². The molecule has 0 rings (SSSR count). The Morgan fingerprint density at radius 3 is 2.67 bits per heavy atom. The number of carbonyl (C=O) groups excluding carboxylic acids is 2. The number of ether oxygens (including phenoxy) is 1. The van der Waals surface area contributed by atoms with E-state index in [-0.39, 0.29) is 0 Å². The summed E-state index contributed by atoms with van der Waals surface area (Å²) >= 11 is 0. The van der Waals surface area contributed by atoms with Gasteiger partial charge in [-0.1, -0.05) is 6.58 Å². The largest absolute Gasteiger partial charge is 0.431 e. The molecule has 48 valence electrons. The molecule has 0 aliphatic rings. The third-order valence-corrected chi connectivity index (χ3v) is 0.508. The van der Waals surface area contributed by atoms with Crippen LogP contribution in [0.4, 0.5) is 0 Å². The van der Waals surface area contributed by atoms with Gasteiger partial charge in [0.1, 0.15) is 6.29 Å². The highest BCUT2D eigenvalue weighted by Gasteiger charge is 1.86. The summed E-state index contributed by atoms with van der Waals surface area (Å²) in [5.74, 6) is -0.576. The van der Waals surface area contributed by atoms with Crippen LogP contribution in [0.3, 0.4) is 0 Å². The van der Waals surface area contributed by atoms with Gasteiger partial charge >= 0.3 is 5.97 Å². The lowest BCUT2D eigenvalue weighted by atomic mass is 10.6. The molecule has 3 heteroatoms. The predicted octanol–water partition coefficient (Wildman–Crippen LogP) is 0.428. The van der Waals surface area contributed by atoms with Crippen LogP contribution in [0.1, 0.15) is 0 Å². The molecule has 0 radical (unpaired) electrons. The van der Waals surface area contributed by atoms with Crippen LogP contribution in [-0.4, -0.2) is 12.3 Å². The van der Waals surface area contributed by atoms with Crippen LogP contribution < -0.4 is 0 Å². The van der Waals surface area contributed by atoms with E-state index in [0.717, 1.165) is 18.4 Å². The second-order valence-electron chi connectivity index (χ2n) is 1.11. The summed E-state index contributed by atoms with van der Waals surface area (Å²) in [6.07, 6.45) is 3.59. The summed E-state index contributed by atoms with van der Waals surface area (Å²) in [6.45, 7) is 3.14. The molecule has 0 aromatic carbocycles. The Morgan fingerprint density at radius 1 is 1.56 bits per heavy atom. The third-order valence-electron chi connectivity index (χ3n) is 0.508. The first-order valence-corrected chi connectivity index (χ1v) is 2.24. The predicted molar refractivity (Wildman–Crippen MR) is 31.5 cm³/mol. The van der Waals surface area contributed by atoms with Crippen LogP contribution in [0.2, 0.25) is 0 Å². The van der Waals surface area contributed by atoms with Gasteiger partial charge in [0.2, 0.25) is 0 Å². The van der Waals surface area contributed by atoms with Gasteiger partial charge in [0.15, 0.2) is 0 Å². The Balaban J connectivity index is 3.49. The monoisotopic (exact) mass is 126 g/mol. The fourth-order valence-electron chi connectivity index (χ4n) is 0.187. The number of allylic oxidation sites excluding steroid dienone is 1. The SMILES string of the molecule is C=CC(=O)OC=CC=O. The fourth-order valence-corrected chi connectivity index (χ4v) is 0.187. The van der Waals surface area contributed by atoms with E-state index in [1.807, 2.05) is 0 Å². The highest BCUT2D eigenvalue weighted by Crippen LogP contribution is 1.78. The fraction of sp³-hybridized carbons (Fsp3) is 0. The molecule has 3 nitrogen and oxygen atoms in total. The van der Waals surface area contributed by atoms with Crippen molar-refractivity contribution in [2.75, 3.05) is 0 Å². The Bertz CT molecular complexity index is 146. The van der Waals surface area contributed by atoms with Gasteiger partial charge in [-0.05, 0) is 0 Å². The molecule has 0 saturated heterocycles. The molecule has 0 unspecified atom stereocenters. The maximum atomic E-state index is 10.2. The zero-order chi connectivity index (χ0) is 7.11. The van der Waals surface area contributed by atoms with Crippen LogP contribution in [0, 0.1) is 0 Å². The van der Waals surface area contributed by atoms with Gasteiger partial charge in [0.05, 0.1) is 6.26 Å². The quantitative estimate of drug-likeness (QED) is 0.238. The molecular formula is C6H6O3. The van der Waals surface area contributed by atoms with Gasteiger partial charge in [0, 0.05) is 12.2 Å². The molecule has 0 aromatic rings. The zero-order valence-corrected chi connectivity index (χ0v) is 4.74. The first-order chi connectivity index (χ1) is 4.31. The van der Waals surface area contributed by atoms with Crippen molar-refractivity contribution in [1.82, 2.24) is 0 Å². The molecule has 0 aliphatic carbocycles. The maximum Gasteiger partial charge on any atom is 0.334 e. The molecule has 0 bridgehead atoms. The summed E-state index contributed by atoms with van der Waals surface area (Å²) in [5.41, 5.74) is 0. The van der Waals surface area contributed by atoms with E-state index in [0.29, 0.717) is 6.29 Å². The molecule has 0 amide bonds. The molecule has 9 heavy (non-hydrogen) atoms. The summed E-state index contributed by atoms with van der Waals surface area (Å²) < 4.78 is 4.26. The number of carbonyl (C=O) groups is 2. The zero-order valence-electron chi connectivity index (χ0n) is 4.74. The molecule has 0 heterocycles. The maximum absolute atomic E-state index is 10.2. The average molecular weight is 126 g/mol. The highest BCUT2D eigenvalue weighted by molar-refractivity contribution is 5.82. The summed E-state index contributed by atoms with van der Waals surface area (Å²) in [4.78, 5) is 19.7. The van der Waals surface area contributed by atoms with Gasteiger partial charge in [0.25, 0.3) is 0 Å². The van der Waals surface area contributed by atoms with Gasteiger partial charge in [-0.15, -0.1) is 0 Å².